The molecule has 2 aromatic rings. The first-order valence-electron chi connectivity index (χ1n) is 10.0. The lowest BCUT2D eigenvalue weighted by Crippen LogP contribution is -2.47. The van der Waals surface area contributed by atoms with E-state index < -0.39 is 11.7 Å². The van der Waals surface area contributed by atoms with Gasteiger partial charge in [0.25, 0.3) is 5.91 Å². The third kappa shape index (κ3) is 6.66. The fraction of sp³-hybridized carbons (Fsp3) is 0.409. The predicted molar refractivity (Wildman–Crippen MR) is 110 cm³/mol. The summed E-state index contributed by atoms with van der Waals surface area (Å²) in [6.45, 7) is 4.98. The van der Waals surface area contributed by atoms with Crippen molar-refractivity contribution in [2.24, 2.45) is 0 Å². The maximum Gasteiger partial charge on any atom is 0.416 e. The third-order valence-electron chi connectivity index (χ3n) is 5.00. The normalized spacial score (nSPS) is 15.1. The Hall–Kier alpha value is -2.74. The number of rotatable bonds is 8. The van der Waals surface area contributed by atoms with Crippen LogP contribution in [-0.2, 0) is 11.0 Å². The molecule has 0 saturated carbocycles. The number of carbonyl (C=O) groups excluding carboxylic acids is 1. The van der Waals surface area contributed by atoms with Gasteiger partial charge < -0.3 is 15.0 Å². The van der Waals surface area contributed by atoms with Crippen molar-refractivity contribution in [2.45, 2.75) is 12.6 Å². The minimum absolute atomic E-state index is 0.0243. The molecule has 3 rings (SSSR count). The molecule has 162 valence electrons. The summed E-state index contributed by atoms with van der Waals surface area (Å²) in [5, 5.41) is 2.75. The van der Waals surface area contributed by atoms with Crippen molar-refractivity contribution < 1.29 is 22.7 Å². The lowest BCUT2D eigenvalue weighted by molar-refractivity contribution is -0.137. The number of amides is 1. The van der Waals surface area contributed by atoms with Crippen LogP contribution in [0.5, 0.6) is 5.75 Å². The van der Waals surface area contributed by atoms with Gasteiger partial charge in [0.05, 0.1) is 5.56 Å². The Kier molecular flexibility index (Phi) is 7.57. The van der Waals surface area contributed by atoms with Crippen LogP contribution in [0.4, 0.5) is 18.9 Å². The highest BCUT2D eigenvalue weighted by Gasteiger charge is 2.30. The molecule has 1 saturated heterocycles. The molecular formula is C22H26F3N3O2. The highest BCUT2D eigenvalue weighted by Crippen LogP contribution is 2.31. The van der Waals surface area contributed by atoms with Crippen molar-refractivity contribution in [3.63, 3.8) is 0 Å². The SMILES string of the molecule is O=C(COc1cccc(C(F)(F)F)c1)NCCCN1CCN(c2ccccc2)CC1. The molecule has 1 heterocycles. The van der Waals surface area contributed by atoms with Crippen LogP contribution in [0.2, 0.25) is 0 Å². The Morgan fingerprint density at radius 2 is 1.73 bits per heavy atom. The molecule has 30 heavy (non-hydrogen) atoms. The maximum absolute atomic E-state index is 12.7. The van der Waals surface area contributed by atoms with Gasteiger partial charge in [-0.25, -0.2) is 0 Å². The Morgan fingerprint density at radius 1 is 1.00 bits per heavy atom. The molecule has 1 aliphatic rings. The zero-order valence-electron chi connectivity index (χ0n) is 16.7. The molecule has 0 unspecified atom stereocenters. The lowest BCUT2D eigenvalue weighted by atomic mass is 10.2. The van der Waals surface area contributed by atoms with Crippen LogP contribution in [0.25, 0.3) is 0 Å². The number of nitrogens with zero attached hydrogens (tertiary/aromatic N) is 2. The zero-order valence-corrected chi connectivity index (χ0v) is 16.7. The van der Waals surface area contributed by atoms with E-state index in [0.29, 0.717) is 6.54 Å². The molecule has 0 spiro atoms. The van der Waals surface area contributed by atoms with Gasteiger partial charge in [-0.05, 0) is 43.3 Å². The van der Waals surface area contributed by atoms with Crippen LogP contribution in [0.15, 0.2) is 54.6 Å². The van der Waals surface area contributed by atoms with E-state index in [0.717, 1.165) is 51.3 Å². The number of nitrogens with one attached hydrogen (secondary N) is 1. The van der Waals surface area contributed by atoms with Gasteiger partial charge in [-0.3, -0.25) is 9.69 Å². The van der Waals surface area contributed by atoms with E-state index >= 15 is 0 Å². The van der Waals surface area contributed by atoms with E-state index in [1.165, 1.54) is 17.8 Å². The summed E-state index contributed by atoms with van der Waals surface area (Å²) in [7, 11) is 0. The van der Waals surface area contributed by atoms with Gasteiger partial charge in [-0.15, -0.1) is 0 Å². The molecule has 0 bridgehead atoms. The molecule has 1 N–H and O–H groups in total. The number of alkyl halides is 3. The van der Waals surface area contributed by atoms with Gasteiger partial charge in [0.1, 0.15) is 5.75 Å². The lowest BCUT2D eigenvalue weighted by Gasteiger charge is -2.36. The Morgan fingerprint density at radius 3 is 2.43 bits per heavy atom. The minimum Gasteiger partial charge on any atom is -0.484 e. The molecule has 0 radical (unpaired) electrons. The number of hydrogen-bond acceptors (Lipinski definition) is 4. The topological polar surface area (TPSA) is 44.8 Å². The van der Waals surface area contributed by atoms with Crippen molar-refractivity contribution in [2.75, 3.05) is 50.8 Å². The van der Waals surface area contributed by atoms with Crippen molar-refractivity contribution in [1.29, 1.82) is 0 Å². The van der Waals surface area contributed by atoms with Crippen LogP contribution in [0.1, 0.15) is 12.0 Å². The van der Waals surface area contributed by atoms with Crippen LogP contribution < -0.4 is 15.0 Å². The Labute approximate surface area is 174 Å². The van der Waals surface area contributed by atoms with E-state index in [-0.39, 0.29) is 18.3 Å². The van der Waals surface area contributed by atoms with Gasteiger partial charge in [0.2, 0.25) is 0 Å². The van der Waals surface area contributed by atoms with Crippen molar-refractivity contribution in [1.82, 2.24) is 10.2 Å². The van der Waals surface area contributed by atoms with Crippen molar-refractivity contribution in [3.8, 4) is 5.75 Å². The predicted octanol–water partition coefficient (Wildman–Crippen LogP) is 3.41. The second-order valence-corrected chi connectivity index (χ2v) is 7.18. The van der Waals surface area contributed by atoms with Gasteiger partial charge in [0.15, 0.2) is 6.61 Å². The monoisotopic (exact) mass is 421 g/mol. The fourth-order valence-corrected chi connectivity index (χ4v) is 3.36. The molecule has 5 nitrogen and oxygen atoms in total. The van der Waals surface area contributed by atoms with E-state index in [9.17, 15) is 18.0 Å². The summed E-state index contributed by atoms with van der Waals surface area (Å²) >= 11 is 0. The third-order valence-corrected chi connectivity index (χ3v) is 5.00. The van der Waals surface area contributed by atoms with Gasteiger partial charge >= 0.3 is 6.18 Å². The first kappa shape index (κ1) is 22.0. The molecule has 0 atom stereocenters. The van der Waals surface area contributed by atoms with Crippen molar-refractivity contribution >= 4 is 11.6 Å². The summed E-state index contributed by atoms with van der Waals surface area (Å²) in [5.41, 5.74) is 0.443. The van der Waals surface area contributed by atoms with Crippen LogP contribution >= 0.6 is 0 Å². The molecule has 0 aromatic heterocycles. The first-order chi connectivity index (χ1) is 14.4. The molecule has 8 heteroatoms. The number of ether oxygens (including phenoxy) is 1. The molecule has 0 aliphatic carbocycles. The smallest absolute Gasteiger partial charge is 0.416 e. The number of halogens is 3. The van der Waals surface area contributed by atoms with Crippen LogP contribution in [0, 0.1) is 0 Å². The maximum atomic E-state index is 12.7. The van der Waals surface area contributed by atoms with E-state index in [1.54, 1.807) is 0 Å². The summed E-state index contributed by atoms with van der Waals surface area (Å²) in [5.74, 6) is -0.322. The largest absolute Gasteiger partial charge is 0.484 e. The average Bonchev–Trinajstić information content (AvgIpc) is 2.76. The number of carbonyl (C=O) groups is 1. The highest BCUT2D eigenvalue weighted by molar-refractivity contribution is 5.77. The standard InChI is InChI=1S/C22H26F3N3O2/c23-22(24,25)18-6-4-9-20(16-18)30-17-21(29)26-10-5-11-27-12-14-28(15-13-27)19-7-2-1-3-8-19/h1-4,6-9,16H,5,10-15,17H2,(H,26,29). The summed E-state index contributed by atoms with van der Waals surface area (Å²) in [6, 6.07) is 14.8. The van der Waals surface area contributed by atoms with Gasteiger partial charge in [-0.2, -0.15) is 13.2 Å². The first-order valence-corrected chi connectivity index (χ1v) is 10.0. The van der Waals surface area contributed by atoms with Crippen molar-refractivity contribution in [3.05, 3.63) is 60.2 Å². The summed E-state index contributed by atoms with van der Waals surface area (Å²) < 4.78 is 43.3. The second kappa shape index (κ2) is 10.3. The van der Waals surface area contributed by atoms with E-state index in [4.69, 9.17) is 4.74 Å². The Bertz CT molecular complexity index is 807. The summed E-state index contributed by atoms with van der Waals surface area (Å²) in [6.07, 6.45) is -3.63. The fourth-order valence-electron chi connectivity index (χ4n) is 3.36. The minimum atomic E-state index is -4.44. The second-order valence-electron chi connectivity index (χ2n) is 7.18. The molecule has 1 aliphatic heterocycles. The van der Waals surface area contributed by atoms with E-state index in [1.807, 2.05) is 18.2 Å². The molecular weight excluding hydrogens is 395 g/mol. The summed E-state index contributed by atoms with van der Waals surface area (Å²) in [4.78, 5) is 16.6. The van der Waals surface area contributed by atoms with Gasteiger partial charge in [0, 0.05) is 38.4 Å². The molecule has 2 aromatic carbocycles. The average molecular weight is 421 g/mol. The number of para-hydroxylation sites is 1. The zero-order chi connectivity index (χ0) is 21.4. The number of anilines is 1. The van der Waals surface area contributed by atoms with Gasteiger partial charge in [-0.1, -0.05) is 24.3 Å². The quantitative estimate of drug-likeness (QED) is 0.664. The Balaban J connectivity index is 1.29. The number of piperazine rings is 1. The number of benzene rings is 2. The molecule has 1 amide bonds. The number of hydrogen-bond donors (Lipinski definition) is 1. The van der Waals surface area contributed by atoms with E-state index in [2.05, 4.69) is 27.2 Å². The van der Waals surface area contributed by atoms with Crippen LogP contribution in [0.3, 0.4) is 0 Å². The highest BCUT2D eigenvalue weighted by atomic mass is 19.4. The molecule has 1 fully saturated rings. The van der Waals surface area contributed by atoms with Crippen LogP contribution in [-0.4, -0.2) is 56.7 Å².